The van der Waals surface area contributed by atoms with Crippen molar-refractivity contribution in [1.82, 2.24) is 0 Å². The van der Waals surface area contributed by atoms with Gasteiger partial charge in [-0.25, -0.2) is 4.79 Å². The van der Waals surface area contributed by atoms with Crippen molar-refractivity contribution in [3.63, 3.8) is 0 Å². The first kappa shape index (κ1) is 17.0. The van der Waals surface area contributed by atoms with Crippen LogP contribution in [0.5, 0.6) is 5.75 Å². The Bertz CT molecular complexity index is 1050. The number of halogens is 3. The summed E-state index contributed by atoms with van der Waals surface area (Å²) < 4.78 is 43.1. The maximum Gasteiger partial charge on any atom is 0.455 e. The van der Waals surface area contributed by atoms with E-state index in [0.717, 1.165) is 18.4 Å². The van der Waals surface area contributed by atoms with Gasteiger partial charge >= 0.3 is 11.8 Å². The van der Waals surface area contributed by atoms with Crippen LogP contribution in [0.1, 0.15) is 29.3 Å². The van der Waals surface area contributed by atoms with E-state index < -0.39 is 28.9 Å². The molecule has 0 aliphatic heterocycles. The summed E-state index contributed by atoms with van der Waals surface area (Å²) in [6, 6.07) is 8.34. The highest BCUT2D eigenvalue weighted by Gasteiger charge is 2.43. The molecular weight excluding hydrogens is 337 g/mol. The number of aromatic hydroxyl groups is 1. The molecular formula is C18H13F3O4. The van der Waals surface area contributed by atoms with E-state index in [1.54, 1.807) is 18.2 Å². The van der Waals surface area contributed by atoms with E-state index >= 15 is 0 Å². The number of aryl methyl sites for hydroxylation is 1. The minimum Gasteiger partial charge on any atom is -0.506 e. The van der Waals surface area contributed by atoms with Crippen LogP contribution in [0.25, 0.3) is 21.7 Å². The Morgan fingerprint density at radius 3 is 2.52 bits per heavy atom. The summed E-state index contributed by atoms with van der Waals surface area (Å²) >= 11 is 0. The second-order valence-corrected chi connectivity index (χ2v) is 5.68. The third-order valence-electron chi connectivity index (χ3n) is 3.95. The molecule has 4 nitrogen and oxygen atoms in total. The Balaban J connectivity index is 2.42. The minimum absolute atomic E-state index is 0.0809. The van der Waals surface area contributed by atoms with Gasteiger partial charge in [-0.15, -0.1) is 0 Å². The molecule has 0 saturated carbocycles. The fourth-order valence-electron chi connectivity index (χ4n) is 2.83. The van der Waals surface area contributed by atoms with Crippen LogP contribution in [0, 0.1) is 0 Å². The van der Waals surface area contributed by atoms with Crippen molar-refractivity contribution < 1.29 is 27.5 Å². The molecule has 1 N–H and O–H groups in total. The Morgan fingerprint density at radius 1 is 1.20 bits per heavy atom. The van der Waals surface area contributed by atoms with Gasteiger partial charge in [0.1, 0.15) is 11.3 Å². The van der Waals surface area contributed by atoms with Gasteiger partial charge in [0.15, 0.2) is 5.56 Å². The number of benzene rings is 2. The Morgan fingerprint density at radius 2 is 1.88 bits per heavy atom. The van der Waals surface area contributed by atoms with Gasteiger partial charge in [0.25, 0.3) is 5.78 Å². The Hall–Kier alpha value is -2.83. The molecule has 2 aromatic carbocycles. The van der Waals surface area contributed by atoms with Gasteiger partial charge in [0, 0.05) is 0 Å². The first-order chi connectivity index (χ1) is 11.7. The molecule has 130 valence electrons. The van der Waals surface area contributed by atoms with E-state index in [9.17, 15) is 27.9 Å². The van der Waals surface area contributed by atoms with Crippen molar-refractivity contribution in [1.29, 1.82) is 0 Å². The van der Waals surface area contributed by atoms with Crippen LogP contribution in [0.2, 0.25) is 0 Å². The molecule has 7 heteroatoms. The molecule has 0 amide bonds. The second kappa shape index (κ2) is 5.91. The maximum atomic E-state index is 12.7. The standard InChI is InChI=1S/C18H13F3O4/c1-2-3-9-4-5-10-6-7-12-13(11(10)8-9)15(22)14(17(24)25-12)16(23)18(19,20)21/h4-8,22H,2-3H2,1H3. The number of rotatable bonds is 3. The van der Waals surface area contributed by atoms with Gasteiger partial charge in [-0.3, -0.25) is 4.79 Å². The first-order valence-electron chi connectivity index (χ1n) is 7.57. The Kier molecular flexibility index (Phi) is 4.02. The van der Waals surface area contributed by atoms with Crippen LogP contribution < -0.4 is 5.63 Å². The lowest BCUT2D eigenvalue weighted by molar-refractivity contribution is -0.0888. The lowest BCUT2D eigenvalue weighted by Gasteiger charge is -2.10. The lowest BCUT2D eigenvalue weighted by atomic mass is 9.99. The number of fused-ring (bicyclic) bond motifs is 3. The largest absolute Gasteiger partial charge is 0.506 e. The van der Waals surface area contributed by atoms with Gasteiger partial charge in [0.2, 0.25) is 0 Å². The minimum atomic E-state index is -5.29. The van der Waals surface area contributed by atoms with Crippen molar-refractivity contribution in [2.24, 2.45) is 0 Å². The fraction of sp³-hybridized carbons (Fsp3) is 0.222. The quantitative estimate of drug-likeness (QED) is 0.433. The lowest BCUT2D eigenvalue weighted by Crippen LogP contribution is -2.28. The summed E-state index contributed by atoms with van der Waals surface area (Å²) in [5, 5.41) is 11.3. The molecule has 1 heterocycles. The SMILES string of the molecule is CCCc1ccc2ccc3oc(=O)c(C(=O)C(F)(F)F)c(O)c3c2c1. The van der Waals surface area contributed by atoms with Crippen LogP contribution in [0.4, 0.5) is 13.2 Å². The average molecular weight is 350 g/mol. The zero-order valence-electron chi connectivity index (χ0n) is 13.1. The molecule has 0 unspecified atom stereocenters. The zero-order chi connectivity index (χ0) is 18.4. The molecule has 1 aromatic heterocycles. The van der Waals surface area contributed by atoms with E-state index in [0.29, 0.717) is 10.8 Å². The van der Waals surface area contributed by atoms with E-state index in [1.807, 2.05) is 13.0 Å². The number of carbonyl (C=O) groups excluding carboxylic acids is 1. The smallest absolute Gasteiger partial charge is 0.455 e. The van der Waals surface area contributed by atoms with Gasteiger partial charge in [0.05, 0.1) is 5.39 Å². The number of Topliss-reactive ketones (excluding diaryl/α,β-unsaturated/α-hetero) is 1. The molecule has 0 fully saturated rings. The highest BCUT2D eigenvalue weighted by Crippen LogP contribution is 2.36. The molecule has 0 bridgehead atoms. The third kappa shape index (κ3) is 2.86. The monoisotopic (exact) mass is 350 g/mol. The molecule has 0 atom stereocenters. The third-order valence-corrected chi connectivity index (χ3v) is 3.95. The van der Waals surface area contributed by atoms with Crippen LogP contribution in [-0.2, 0) is 6.42 Å². The topological polar surface area (TPSA) is 67.5 Å². The molecule has 0 aliphatic rings. The van der Waals surface area contributed by atoms with Crippen molar-refractivity contribution >= 4 is 27.5 Å². The van der Waals surface area contributed by atoms with E-state index in [4.69, 9.17) is 4.42 Å². The molecule has 3 rings (SSSR count). The average Bonchev–Trinajstić information content (AvgIpc) is 2.53. The number of hydrogen-bond donors (Lipinski definition) is 1. The van der Waals surface area contributed by atoms with Crippen molar-refractivity contribution in [2.75, 3.05) is 0 Å². The molecule has 3 aromatic rings. The summed E-state index contributed by atoms with van der Waals surface area (Å²) in [7, 11) is 0. The maximum absolute atomic E-state index is 12.7. The number of ketones is 1. The van der Waals surface area contributed by atoms with Crippen LogP contribution in [0.3, 0.4) is 0 Å². The van der Waals surface area contributed by atoms with Crippen molar-refractivity contribution in [3.05, 3.63) is 51.9 Å². The molecule has 0 radical (unpaired) electrons. The Labute approximate surface area is 139 Å². The summed E-state index contributed by atoms with van der Waals surface area (Å²) in [6.45, 7) is 1.98. The van der Waals surface area contributed by atoms with Crippen LogP contribution >= 0.6 is 0 Å². The van der Waals surface area contributed by atoms with Crippen LogP contribution in [0.15, 0.2) is 39.5 Å². The molecule has 0 aliphatic carbocycles. The van der Waals surface area contributed by atoms with Gasteiger partial charge < -0.3 is 9.52 Å². The van der Waals surface area contributed by atoms with Crippen molar-refractivity contribution in [3.8, 4) is 5.75 Å². The predicted octanol–water partition coefficient (Wildman–Crippen LogP) is 4.35. The summed E-state index contributed by atoms with van der Waals surface area (Å²) in [5.74, 6) is -3.44. The summed E-state index contributed by atoms with van der Waals surface area (Å²) in [6.07, 6.45) is -3.70. The molecule has 0 spiro atoms. The van der Waals surface area contributed by atoms with Gasteiger partial charge in [-0.1, -0.05) is 37.6 Å². The van der Waals surface area contributed by atoms with Gasteiger partial charge in [-0.2, -0.15) is 13.2 Å². The van der Waals surface area contributed by atoms with Crippen LogP contribution in [-0.4, -0.2) is 17.1 Å². The first-order valence-corrected chi connectivity index (χ1v) is 7.57. The van der Waals surface area contributed by atoms with Crippen molar-refractivity contribution in [2.45, 2.75) is 25.9 Å². The fourth-order valence-corrected chi connectivity index (χ4v) is 2.83. The van der Waals surface area contributed by atoms with E-state index in [1.165, 1.54) is 6.07 Å². The number of alkyl halides is 3. The summed E-state index contributed by atoms with van der Waals surface area (Å²) in [5.41, 5.74) is -2.08. The highest BCUT2D eigenvalue weighted by atomic mass is 19.4. The van der Waals surface area contributed by atoms with E-state index in [2.05, 4.69) is 0 Å². The highest BCUT2D eigenvalue weighted by molar-refractivity contribution is 6.13. The predicted molar refractivity (Wildman–Crippen MR) is 86.0 cm³/mol. The second-order valence-electron chi connectivity index (χ2n) is 5.68. The van der Waals surface area contributed by atoms with Gasteiger partial charge in [-0.05, 0) is 28.8 Å². The normalized spacial score (nSPS) is 12.0. The van der Waals surface area contributed by atoms with E-state index in [-0.39, 0.29) is 11.0 Å². The number of hydrogen-bond acceptors (Lipinski definition) is 4. The molecule has 25 heavy (non-hydrogen) atoms. The summed E-state index contributed by atoms with van der Waals surface area (Å²) in [4.78, 5) is 23.3. The zero-order valence-corrected chi connectivity index (χ0v) is 13.1. The number of carbonyl (C=O) groups is 1. The molecule has 0 saturated heterocycles.